The fourth-order valence-corrected chi connectivity index (χ4v) is 2.81. The highest BCUT2D eigenvalue weighted by Gasteiger charge is 2.39. The van der Waals surface area contributed by atoms with Gasteiger partial charge in [-0.05, 0) is 31.7 Å². The average molecular weight is 223 g/mol. The molecule has 2 N–H and O–H groups in total. The molecule has 4 nitrogen and oxygen atoms in total. The van der Waals surface area contributed by atoms with E-state index in [9.17, 15) is 0 Å². The first-order valence-corrected chi connectivity index (χ1v) is 6.25. The van der Waals surface area contributed by atoms with Crippen molar-refractivity contribution in [3.05, 3.63) is 0 Å². The van der Waals surface area contributed by atoms with E-state index in [1.165, 1.54) is 0 Å². The summed E-state index contributed by atoms with van der Waals surface area (Å²) >= 11 is 0. The van der Waals surface area contributed by atoms with Gasteiger partial charge in [-0.15, -0.1) is 0 Å². The van der Waals surface area contributed by atoms with Crippen LogP contribution in [-0.4, -0.2) is 43.3 Å². The second kappa shape index (κ2) is 5.13. The Balaban J connectivity index is 1.79. The number of morpholine rings is 1. The molecule has 0 spiro atoms. The molecule has 1 heterocycles. The van der Waals surface area contributed by atoms with Gasteiger partial charge in [0.15, 0.2) is 0 Å². The molecule has 2 atom stereocenters. The van der Waals surface area contributed by atoms with Crippen LogP contribution in [0.3, 0.4) is 0 Å². The van der Waals surface area contributed by atoms with Crippen LogP contribution in [0.1, 0.15) is 25.7 Å². The van der Waals surface area contributed by atoms with Crippen molar-refractivity contribution >= 4 is 0 Å². The van der Waals surface area contributed by atoms with Gasteiger partial charge < -0.3 is 10.5 Å². The Bertz CT molecular complexity index is 270. The van der Waals surface area contributed by atoms with Gasteiger partial charge in [-0.3, -0.25) is 4.90 Å². The number of rotatable bonds is 3. The van der Waals surface area contributed by atoms with Crippen LogP contribution in [0.15, 0.2) is 0 Å². The first-order valence-electron chi connectivity index (χ1n) is 6.25. The summed E-state index contributed by atoms with van der Waals surface area (Å²) in [4.78, 5) is 2.42. The molecule has 2 aliphatic rings. The van der Waals surface area contributed by atoms with Crippen molar-refractivity contribution in [3.8, 4) is 6.07 Å². The molecule has 1 saturated carbocycles. The molecule has 0 radical (unpaired) electrons. The zero-order valence-corrected chi connectivity index (χ0v) is 9.82. The highest BCUT2D eigenvalue weighted by molar-refractivity contribution is 5.11. The van der Waals surface area contributed by atoms with Crippen LogP contribution < -0.4 is 5.73 Å². The topological polar surface area (TPSA) is 62.3 Å². The highest BCUT2D eigenvalue weighted by atomic mass is 16.5. The molecule has 2 unspecified atom stereocenters. The van der Waals surface area contributed by atoms with Crippen LogP contribution in [0.2, 0.25) is 0 Å². The summed E-state index contributed by atoms with van der Waals surface area (Å²) in [5.74, 6) is 0.389. The van der Waals surface area contributed by atoms with Crippen LogP contribution >= 0.6 is 0 Å². The minimum absolute atomic E-state index is 0.389. The summed E-state index contributed by atoms with van der Waals surface area (Å²) in [7, 11) is 0. The summed E-state index contributed by atoms with van der Waals surface area (Å²) in [5, 5.41) is 9.12. The summed E-state index contributed by atoms with van der Waals surface area (Å²) in [6.45, 7) is 4.80. The predicted molar refractivity (Wildman–Crippen MR) is 61.7 cm³/mol. The normalized spacial score (nSPS) is 36.1. The Morgan fingerprint density at radius 1 is 1.44 bits per heavy atom. The van der Waals surface area contributed by atoms with Crippen LogP contribution in [0.4, 0.5) is 0 Å². The minimum Gasteiger partial charge on any atom is -0.379 e. The van der Waals surface area contributed by atoms with Gasteiger partial charge in [-0.2, -0.15) is 5.26 Å². The molecule has 2 rings (SSSR count). The van der Waals surface area contributed by atoms with E-state index < -0.39 is 5.54 Å². The third kappa shape index (κ3) is 2.54. The standard InChI is InChI=1S/C12H21N3O/c13-10-12(14)4-1-2-11(12)3-5-15-6-8-16-9-7-15/h11H,1-9,14H2. The highest BCUT2D eigenvalue weighted by Crippen LogP contribution is 2.35. The quantitative estimate of drug-likeness (QED) is 0.766. The Morgan fingerprint density at radius 3 is 2.88 bits per heavy atom. The Kier molecular flexibility index (Phi) is 3.80. The van der Waals surface area contributed by atoms with Crippen molar-refractivity contribution in [1.82, 2.24) is 4.90 Å². The van der Waals surface area contributed by atoms with E-state index in [2.05, 4.69) is 11.0 Å². The van der Waals surface area contributed by atoms with Gasteiger partial charge in [0, 0.05) is 13.1 Å². The molecule has 0 amide bonds. The number of hydrogen-bond acceptors (Lipinski definition) is 4. The second-order valence-electron chi connectivity index (χ2n) is 4.98. The van der Waals surface area contributed by atoms with Crippen LogP contribution in [-0.2, 0) is 4.74 Å². The van der Waals surface area contributed by atoms with E-state index in [1.54, 1.807) is 0 Å². The maximum absolute atomic E-state index is 9.12. The van der Waals surface area contributed by atoms with Gasteiger partial charge in [-0.1, -0.05) is 6.42 Å². The lowest BCUT2D eigenvalue weighted by Crippen LogP contribution is -2.44. The summed E-state index contributed by atoms with van der Waals surface area (Å²) in [5.41, 5.74) is 5.56. The molecule has 2 fully saturated rings. The molecule has 1 aliphatic heterocycles. The molecule has 4 heteroatoms. The summed E-state index contributed by atoms with van der Waals surface area (Å²) < 4.78 is 5.31. The van der Waals surface area contributed by atoms with Gasteiger partial charge in [-0.25, -0.2) is 0 Å². The maximum Gasteiger partial charge on any atom is 0.107 e. The predicted octanol–water partition coefficient (Wildman–Crippen LogP) is 0.730. The largest absolute Gasteiger partial charge is 0.379 e. The van der Waals surface area contributed by atoms with Gasteiger partial charge in [0.05, 0.1) is 19.3 Å². The summed E-state index contributed by atoms with van der Waals surface area (Å²) in [6.07, 6.45) is 4.16. The molecule has 0 aromatic carbocycles. The van der Waals surface area contributed by atoms with Crippen molar-refractivity contribution in [2.75, 3.05) is 32.8 Å². The molecule has 1 aliphatic carbocycles. The molecular formula is C12H21N3O. The van der Waals surface area contributed by atoms with Crippen LogP contribution in [0, 0.1) is 17.2 Å². The molecule has 0 aromatic rings. The van der Waals surface area contributed by atoms with Crippen molar-refractivity contribution < 1.29 is 4.74 Å². The van der Waals surface area contributed by atoms with E-state index in [4.69, 9.17) is 15.7 Å². The lowest BCUT2D eigenvalue weighted by Gasteiger charge is -2.30. The van der Waals surface area contributed by atoms with Crippen molar-refractivity contribution in [1.29, 1.82) is 5.26 Å². The average Bonchev–Trinajstić information content (AvgIpc) is 2.70. The zero-order valence-electron chi connectivity index (χ0n) is 9.82. The lowest BCUT2D eigenvalue weighted by atomic mass is 9.87. The van der Waals surface area contributed by atoms with Gasteiger partial charge in [0.25, 0.3) is 0 Å². The van der Waals surface area contributed by atoms with Crippen LogP contribution in [0.25, 0.3) is 0 Å². The second-order valence-corrected chi connectivity index (χ2v) is 4.98. The third-order valence-electron chi connectivity index (χ3n) is 3.98. The van der Waals surface area contributed by atoms with Crippen molar-refractivity contribution in [2.45, 2.75) is 31.2 Å². The molecule has 1 saturated heterocycles. The number of nitrogens with zero attached hydrogens (tertiary/aromatic N) is 2. The Hall–Kier alpha value is -0.630. The SMILES string of the molecule is N#CC1(N)CCCC1CCN1CCOCC1. The maximum atomic E-state index is 9.12. The molecule has 90 valence electrons. The zero-order chi connectivity index (χ0) is 11.4. The Morgan fingerprint density at radius 2 is 2.19 bits per heavy atom. The van der Waals surface area contributed by atoms with Gasteiger partial charge >= 0.3 is 0 Å². The number of nitrogens with two attached hydrogens (primary N) is 1. The first-order chi connectivity index (χ1) is 7.74. The number of hydrogen-bond donors (Lipinski definition) is 1. The Labute approximate surface area is 97.3 Å². The van der Waals surface area contributed by atoms with Crippen LogP contribution in [0.5, 0.6) is 0 Å². The van der Waals surface area contributed by atoms with Crippen molar-refractivity contribution in [2.24, 2.45) is 11.7 Å². The van der Waals surface area contributed by atoms with E-state index >= 15 is 0 Å². The van der Waals surface area contributed by atoms with E-state index in [1.807, 2.05) is 0 Å². The lowest BCUT2D eigenvalue weighted by molar-refractivity contribution is 0.0347. The first kappa shape index (κ1) is 11.8. The molecule has 16 heavy (non-hydrogen) atoms. The fourth-order valence-electron chi connectivity index (χ4n) is 2.81. The van der Waals surface area contributed by atoms with E-state index in [-0.39, 0.29) is 0 Å². The molecular weight excluding hydrogens is 202 g/mol. The summed E-state index contributed by atoms with van der Waals surface area (Å²) in [6, 6.07) is 2.31. The van der Waals surface area contributed by atoms with E-state index in [0.29, 0.717) is 5.92 Å². The van der Waals surface area contributed by atoms with E-state index in [0.717, 1.165) is 58.5 Å². The monoisotopic (exact) mass is 223 g/mol. The van der Waals surface area contributed by atoms with Crippen molar-refractivity contribution in [3.63, 3.8) is 0 Å². The molecule has 0 bridgehead atoms. The minimum atomic E-state index is -0.549. The number of ether oxygens (including phenoxy) is 1. The number of nitriles is 1. The van der Waals surface area contributed by atoms with Gasteiger partial charge in [0.1, 0.15) is 5.54 Å². The third-order valence-corrected chi connectivity index (χ3v) is 3.98. The fraction of sp³-hybridized carbons (Fsp3) is 0.917. The smallest absolute Gasteiger partial charge is 0.107 e. The molecule has 0 aromatic heterocycles. The van der Waals surface area contributed by atoms with Gasteiger partial charge in [0.2, 0.25) is 0 Å².